The summed E-state index contributed by atoms with van der Waals surface area (Å²) in [4.78, 5) is 29.1. The number of nitrogens with zero attached hydrogens (tertiary/aromatic N) is 2. The fraction of sp³-hybridized carbons (Fsp3) is 0.412. The lowest BCUT2D eigenvalue weighted by Crippen LogP contribution is -2.53. The molecule has 10 nitrogen and oxygen atoms in total. The average molecular weight is 707 g/mol. The minimum absolute atomic E-state index is 0.0114. The Labute approximate surface area is 286 Å². The van der Waals surface area contributed by atoms with Crippen LogP contribution in [0.25, 0.3) is 0 Å². The number of halogens is 2. The molecule has 1 aliphatic rings. The zero-order valence-electron chi connectivity index (χ0n) is 27.0. The first kappa shape index (κ1) is 36.2. The summed E-state index contributed by atoms with van der Waals surface area (Å²) in [7, 11) is -1.49. The minimum atomic E-state index is -4.35. The quantitative estimate of drug-likeness (QED) is 0.204. The number of anilines is 1. The highest BCUT2D eigenvalue weighted by Crippen LogP contribution is 2.33. The number of carbonyl (C=O) groups is 2. The molecule has 4 rings (SSSR count). The molecule has 1 saturated carbocycles. The highest BCUT2D eigenvalue weighted by Gasteiger charge is 2.34. The molecule has 2 amide bonds. The van der Waals surface area contributed by atoms with E-state index in [4.69, 9.17) is 37.4 Å². The predicted molar refractivity (Wildman–Crippen MR) is 183 cm³/mol. The number of benzene rings is 3. The second-order valence-electron chi connectivity index (χ2n) is 11.2. The Morgan fingerprint density at radius 3 is 2.21 bits per heavy atom. The number of methoxy groups -OCH3 is 2. The average Bonchev–Trinajstić information content (AvgIpc) is 3.07. The van der Waals surface area contributed by atoms with Crippen molar-refractivity contribution in [1.29, 1.82) is 0 Å². The Hall–Kier alpha value is -3.67. The van der Waals surface area contributed by atoms with Gasteiger partial charge < -0.3 is 24.4 Å². The van der Waals surface area contributed by atoms with Crippen molar-refractivity contribution in [2.45, 2.75) is 69.5 Å². The molecule has 3 aromatic carbocycles. The summed E-state index contributed by atoms with van der Waals surface area (Å²) in [5.41, 5.74) is 0.853. The Kier molecular flexibility index (Phi) is 12.6. The number of carbonyl (C=O) groups excluding carboxylic acids is 2. The van der Waals surface area contributed by atoms with Crippen molar-refractivity contribution in [2.24, 2.45) is 0 Å². The number of rotatable bonds is 14. The third kappa shape index (κ3) is 9.03. The summed E-state index contributed by atoms with van der Waals surface area (Å²) < 4.78 is 45.8. The first-order chi connectivity index (χ1) is 22.5. The van der Waals surface area contributed by atoms with Crippen LogP contribution in [-0.2, 0) is 26.2 Å². The van der Waals surface area contributed by atoms with Crippen LogP contribution in [0.3, 0.4) is 0 Å². The number of ether oxygens (including phenoxy) is 3. The highest BCUT2D eigenvalue weighted by atomic mass is 35.5. The molecule has 1 atom stereocenters. The van der Waals surface area contributed by atoms with E-state index in [1.54, 1.807) is 49.4 Å². The van der Waals surface area contributed by atoms with Crippen LogP contribution in [0, 0.1) is 0 Å². The van der Waals surface area contributed by atoms with E-state index in [0.717, 1.165) is 36.4 Å². The van der Waals surface area contributed by atoms with E-state index in [1.807, 2.05) is 6.92 Å². The van der Waals surface area contributed by atoms with Gasteiger partial charge >= 0.3 is 0 Å². The van der Waals surface area contributed by atoms with Crippen LogP contribution in [0.1, 0.15) is 51.5 Å². The normalized spacial score (nSPS) is 14.2. The van der Waals surface area contributed by atoms with Crippen molar-refractivity contribution in [3.63, 3.8) is 0 Å². The molecule has 0 bridgehead atoms. The van der Waals surface area contributed by atoms with Gasteiger partial charge in [-0.1, -0.05) is 48.5 Å². The smallest absolute Gasteiger partial charge is 0.264 e. The van der Waals surface area contributed by atoms with Crippen molar-refractivity contribution in [1.82, 2.24) is 10.2 Å². The van der Waals surface area contributed by atoms with Gasteiger partial charge in [-0.15, -0.1) is 0 Å². The van der Waals surface area contributed by atoms with Crippen LogP contribution in [0.15, 0.2) is 65.6 Å². The van der Waals surface area contributed by atoms with Crippen LogP contribution in [0.5, 0.6) is 17.2 Å². The Morgan fingerprint density at radius 2 is 1.60 bits per heavy atom. The molecule has 254 valence electrons. The zero-order valence-corrected chi connectivity index (χ0v) is 29.3. The molecule has 0 aromatic heterocycles. The maximum atomic E-state index is 14.3. The van der Waals surface area contributed by atoms with Gasteiger partial charge in [0.2, 0.25) is 11.8 Å². The van der Waals surface area contributed by atoms with Gasteiger partial charge in [-0.05, 0) is 80.8 Å². The molecule has 1 aliphatic carbocycles. The molecule has 0 saturated heterocycles. The van der Waals surface area contributed by atoms with E-state index >= 15 is 0 Å². The molecule has 0 aliphatic heterocycles. The minimum Gasteiger partial charge on any atom is -0.494 e. The maximum Gasteiger partial charge on any atom is 0.264 e. The first-order valence-corrected chi connectivity index (χ1v) is 17.7. The second kappa shape index (κ2) is 16.4. The van der Waals surface area contributed by atoms with Gasteiger partial charge in [0, 0.05) is 18.7 Å². The van der Waals surface area contributed by atoms with E-state index in [2.05, 4.69) is 5.32 Å². The molecule has 1 N–H and O–H groups in total. The summed E-state index contributed by atoms with van der Waals surface area (Å²) in [5, 5.41) is 3.73. The molecular weight excluding hydrogens is 665 g/mol. The van der Waals surface area contributed by atoms with E-state index < -0.39 is 28.5 Å². The van der Waals surface area contributed by atoms with E-state index in [0.29, 0.717) is 33.7 Å². The maximum absolute atomic E-state index is 14.3. The molecular formula is C34H41Cl2N3O7S. The topological polar surface area (TPSA) is 114 Å². The molecule has 1 unspecified atom stereocenters. The van der Waals surface area contributed by atoms with Gasteiger partial charge in [0.05, 0.1) is 41.5 Å². The Morgan fingerprint density at radius 1 is 0.915 bits per heavy atom. The SMILES string of the molecule is CCOc1ccc(N(CC(=O)N(Cc2ccc(Cl)c(Cl)c2)C(C)C(=O)NC2CCCCC2)S(=O)(=O)c2ccc(OC)c(OC)c2)cc1. The number of sulfonamides is 1. The van der Waals surface area contributed by atoms with E-state index in [9.17, 15) is 18.0 Å². The lowest BCUT2D eigenvalue weighted by atomic mass is 9.95. The summed E-state index contributed by atoms with van der Waals surface area (Å²) in [5.74, 6) is 0.183. The van der Waals surface area contributed by atoms with Gasteiger partial charge in [0.25, 0.3) is 10.0 Å². The third-order valence-corrected chi connectivity index (χ3v) is 10.6. The van der Waals surface area contributed by atoms with Crippen LogP contribution < -0.4 is 23.8 Å². The summed E-state index contributed by atoms with van der Waals surface area (Å²) in [6.07, 6.45) is 4.91. The van der Waals surface area contributed by atoms with Crippen molar-refractivity contribution in [2.75, 3.05) is 31.7 Å². The monoisotopic (exact) mass is 705 g/mol. The van der Waals surface area contributed by atoms with Crippen LogP contribution >= 0.6 is 23.2 Å². The number of hydrogen-bond acceptors (Lipinski definition) is 7. The third-order valence-electron chi connectivity index (χ3n) is 8.11. The molecule has 1 fully saturated rings. The van der Waals surface area contributed by atoms with Gasteiger partial charge in [-0.2, -0.15) is 0 Å². The van der Waals surface area contributed by atoms with Gasteiger partial charge in [-0.25, -0.2) is 8.42 Å². The van der Waals surface area contributed by atoms with Gasteiger partial charge in [-0.3, -0.25) is 13.9 Å². The van der Waals surface area contributed by atoms with E-state index in [-0.39, 0.29) is 34.8 Å². The number of hydrogen-bond donors (Lipinski definition) is 1. The van der Waals surface area contributed by atoms with Crippen LogP contribution in [-0.4, -0.2) is 64.6 Å². The molecule has 47 heavy (non-hydrogen) atoms. The number of nitrogens with one attached hydrogen (secondary N) is 1. The fourth-order valence-corrected chi connectivity index (χ4v) is 7.25. The van der Waals surface area contributed by atoms with E-state index in [1.165, 1.54) is 37.3 Å². The number of amides is 2. The summed E-state index contributed by atoms with van der Waals surface area (Å²) >= 11 is 12.4. The lowest BCUT2D eigenvalue weighted by molar-refractivity contribution is -0.139. The van der Waals surface area contributed by atoms with Crippen LogP contribution in [0.2, 0.25) is 10.0 Å². The first-order valence-electron chi connectivity index (χ1n) is 15.5. The molecule has 0 radical (unpaired) electrons. The van der Waals surface area contributed by atoms with Gasteiger partial charge in [0.15, 0.2) is 11.5 Å². The van der Waals surface area contributed by atoms with Crippen molar-refractivity contribution in [3.8, 4) is 17.2 Å². The largest absolute Gasteiger partial charge is 0.494 e. The molecule has 13 heteroatoms. The zero-order chi connectivity index (χ0) is 34.1. The highest BCUT2D eigenvalue weighted by molar-refractivity contribution is 7.92. The predicted octanol–water partition coefficient (Wildman–Crippen LogP) is 6.47. The Bertz CT molecular complexity index is 1650. The summed E-state index contributed by atoms with van der Waals surface area (Å²) in [6.45, 7) is 3.29. The van der Waals surface area contributed by atoms with Gasteiger partial charge in [0.1, 0.15) is 18.3 Å². The van der Waals surface area contributed by atoms with Crippen LogP contribution in [0.4, 0.5) is 5.69 Å². The fourth-order valence-electron chi connectivity index (χ4n) is 5.49. The van der Waals surface area contributed by atoms with Crippen molar-refractivity contribution < 1.29 is 32.2 Å². The second-order valence-corrected chi connectivity index (χ2v) is 13.9. The standard InChI is InChI=1S/C34H41Cl2N3O7S/c1-5-46-27-14-12-26(13-15-27)39(47(42,43)28-16-18-31(44-3)32(20-28)45-4)22-33(40)38(21-24-11-17-29(35)30(36)19-24)23(2)34(41)37-25-9-7-6-8-10-25/h11-20,23,25H,5-10,21-22H2,1-4H3,(H,37,41). The molecule has 3 aromatic rings. The molecule has 0 spiro atoms. The van der Waals surface area contributed by atoms with Crippen molar-refractivity contribution in [3.05, 3.63) is 76.3 Å². The molecule has 0 heterocycles. The Balaban J connectivity index is 1.73. The summed E-state index contributed by atoms with van der Waals surface area (Å²) in [6, 6.07) is 14.7. The van der Waals surface area contributed by atoms with Crippen molar-refractivity contribution >= 4 is 50.7 Å². The lowest BCUT2D eigenvalue weighted by Gasteiger charge is -2.33.